The van der Waals surface area contributed by atoms with Gasteiger partial charge in [0.2, 0.25) is 5.91 Å². The summed E-state index contributed by atoms with van der Waals surface area (Å²) in [6.45, 7) is 1.98. The number of hydrogen-bond donors (Lipinski definition) is 0. The Morgan fingerprint density at radius 2 is 1.61 bits per heavy atom. The van der Waals surface area contributed by atoms with Crippen molar-refractivity contribution in [2.75, 3.05) is 13.2 Å². The van der Waals surface area contributed by atoms with Crippen molar-refractivity contribution >= 4 is 27.5 Å². The number of nitrogens with zero attached hydrogens (tertiary/aromatic N) is 3. The normalized spacial score (nSPS) is 13.0. The molecule has 0 saturated carbocycles. The first-order valence-electron chi connectivity index (χ1n) is 12.7. The van der Waals surface area contributed by atoms with E-state index in [1.54, 1.807) is 10.9 Å². The van der Waals surface area contributed by atoms with Gasteiger partial charge in [0.25, 0.3) is 5.56 Å². The second-order valence-corrected chi connectivity index (χ2v) is 10.6. The van der Waals surface area contributed by atoms with E-state index in [0.717, 1.165) is 32.0 Å². The van der Waals surface area contributed by atoms with Crippen LogP contribution < -0.4 is 5.56 Å². The summed E-state index contributed by atoms with van der Waals surface area (Å²) in [5.41, 5.74) is 5.41. The second kappa shape index (κ2) is 10.7. The Morgan fingerprint density at radius 3 is 2.37 bits per heavy atom. The molecule has 0 saturated heterocycles. The van der Waals surface area contributed by atoms with Crippen molar-refractivity contribution in [2.45, 2.75) is 26.1 Å². The minimum Gasteiger partial charge on any atom is -0.367 e. The quantitative estimate of drug-likeness (QED) is 0.293. The predicted molar refractivity (Wildman–Crippen MR) is 150 cm³/mol. The van der Waals surface area contributed by atoms with E-state index in [1.165, 1.54) is 16.9 Å². The van der Waals surface area contributed by atoms with Crippen LogP contribution in [0, 0.1) is 0 Å². The molecule has 0 unspecified atom stereocenters. The molecule has 2 aromatic heterocycles. The number of carbonyl (C=O) groups is 1. The van der Waals surface area contributed by atoms with Crippen molar-refractivity contribution in [2.24, 2.45) is 0 Å². The maximum absolute atomic E-state index is 13.5. The smallest absolute Gasteiger partial charge is 0.262 e. The highest BCUT2D eigenvalue weighted by Crippen LogP contribution is 2.32. The fourth-order valence-corrected chi connectivity index (χ4v) is 6.09. The Morgan fingerprint density at radius 1 is 0.895 bits per heavy atom. The monoisotopic (exact) mass is 521 g/mol. The Kier molecular flexibility index (Phi) is 6.86. The zero-order chi connectivity index (χ0) is 25.9. The first-order valence-corrected chi connectivity index (χ1v) is 13.5. The number of ether oxygens (including phenoxy) is 1. The van der Waals surface area contributed by atoms with E-state index in [1.807, 2.05) is 53.4 Å². The molecule has 0 N–H and O–H groups in total. The van der Waals surface area contributed by atoms with Gasteiger partial charge in [0.15, 0.2) is 0 Å². The fourth-order valence-electron chi connectivity index (χ4n) is 4.90. The minimum atomic E-state index is -0.0339. The van der Waals surface area contributed by atoms with Crippen LogP contribution in [0.5, 0.6) is 0 Å². The molecule has 3 heterocycles. The zero-order valence-electron chi connectivity index (χ0n) is 20.9. The summed E-state index contributed by atoms with van der Waals surface area (Å²) in [5, 5.41) is 0.695. The standard InChI is InChI=1S/C31H27N3O3S/c35-28(20-37-19-23-7-3-1-4-8-23)33-16-15-26-27(18-33)38-30-29(26)31(36)34(21-32-30)17-22-11-13-25(14-12-22)24-9-5-2-6-10-24/h1-14,21H,15-20H2. The molecule has 38 heavy (non-hydrogen) atoms. The molecule has 0 aliphatic carbocycles. The van der Waals surface area contributed by atoms with Gasteiger partial charge in [-0.05, 0) is 34.2 Å². The van der Waals surface area contributed by atoms with Gasteiger partial charge in [-0.15, -0.1) is 11.3 Å². The number of thiophene rings is 1. The zero-order valence-corrected chi connectivity index (χ0v) is 21.7. The van der Waals surface area contributed by atoms with Gasteiger partial charge in [0, 0.05) is 11.4 Å². The lowest BCUT2D eigenvalue weighted by molar-refractivity contribution is -0.137. The highest BCUT2D eigenvalue weighted by atomic mass is 32.1. The lowest BCUT2D eigenvalue weighted by atomic mass is 10.0. The lowest BCUT2D eigenvalue weighted by Gasteiger charge is -2.27. The van der Waals surface area contributed by atoms with Crippen LogP contribution in [0.3, 0.4) is 0 Å². The first-order chi connectivity index (χ1) is 18.7. The van der Waals surface area contributed by atoms with Crippen molar-refractivity contribution in [1.29, 1.82) is 0 Å². The molecule has 5 aromatic rings. The summed E-state index contributed by atoms with van der Waals surface area (Å²) >= 11 is 1.51. The molecule has 0 bridgehead atoms. The van der Waals surface area contributed by atoms with Gasteiger partial charge >= 0.3 is 0 Å². The molecule has 1 aliphatic heterocycles. The number of rotatable bonds is 7. The maximum atomic E-state index is 13.5. The van der Waals surface area contributed by atoms with E-state index < -0.39 is 0 Å². The summed E-state index contributed by atoms with van der Waals surface area (Å²) in [4.78, 5) is 34.5. The Balaban J connectivity index is 1.15. The van der Waals surface area contributed by atoms with Crippen molar-refractivity contribution in [3.63, 3.8) is 0 Å². The van der Waals surface area contributed by atoms with Crippen LogP contribution in [-0.2, 0) is 35.6 Å². The Bertz CT molecular complexity index is 1630. The van der Waals surface area contributed by atoms with E-state index in [-0.39, 0.29) is 18.1 Å². The van der Waals surface area contributed by atoms with Gasteiger partial charge in [-0.2, -0.15) is 0 Å². The molecule has 6 nitrogen and oxygen atoms in total. The third-order valence-electron chi connectivity index (χ3n) is 6.93. The molecule has 6 rings (SSSR count). The molecule has 0 atom stereocenters. The Labute approximate surface area is 224 Å². The van der Waals surface area contributed by atoms with Gasteiger partial charge in [-0.3, -0.25) is 14.2 Å². The number of amides is 1. The van der Waals surface area contributed by atoms with E-state index in [0.29, 0.717) is 38.0 Å². The molecule has 0 spiro atoms. The van der Waals surface area contributed by atoms with Crippen LogP contribution >= 0.6 is 11.3 Å². The number of fused-ring (bicyclic) bond motifs is 3. The van der Waals surface area contributed by atoms with Crippen molar-refractivity contribution in [3.05, 3.63) is 123 Å². The van der Waals surface area contributed by atoms with Crippen LogP contribution in [0.2, 0.25) is 0 Å². The van der Waals surface area contributed by atoms with Crippen LogP contribution in [0.1, 0.15) is 21.6 Å². The molecule has 1 amide bonds. The van der Waals surface area contributed by atoms with Crippen molar-refractivity contribution < 1.29 is 9.53 Å². The number of aromatic nitrogens is 2. The third-order valence-corrected chi connectivity index (χ3v) is 8.06. The molecule has 0 fully saturated rings. The summed E-state index contributed by atoms with van der Waals surface area (Å²) in [6, 6.07) is 28.4. The van der Waals surface area contributed by atoms with Gasteiger partial charge in [0.1, 0.15) is 11.4 Å². The van der Waals surface area contributed by atoms with E-state index >= 15 is 0 Å². The van der Waals surface area contributed by atoms with Gasteiger partial charge in [0.05, 0.1) is 31.4 Å². The highest BCUT2D eigenvalue weighted by molar-refractivity contribution is 7.18. The second-order valence-electron chi connectivity index (χ2n) is 9.47. The Hall–Kier alpha value is -4.07. The predicted octanol–water partition coefficient (Wildman–Crippen LogP) is 5.27. The molecule has 3 aromatic carbocycles. The van der Waals surface area contributed by atoms with Gasteiger partial charge in [-0.25, -0.2) is 4.98 Å². The van der Waals surface area contributed by atoms with Crippen LogP contribution in [0.4, 0.5) is 0 Å². The highest BCUT2D eigenvalue weighted by Gasteiger charge is 2.26. The van der Waals surface area contributed by atoms with Crippen LogP contribution in [0.15, 0.2) is 96.1 Å². The molecular weight excluding hydrogens is 494 g/mol. The average Bonchev–Trinajstić information content (AvgIpc) is 3.34. The van der Waals surface area contributed by atoms with E-state index in [2.05, 4.69) is 41.4 Å². The number of carbonyl (C=O) groups excluding carboxylic acids is 1. The van der Waals surface area contributed by atoms with Crippen molar-refractivity contribution in [1.82, 2.24) is 14.5 Å². The number of hydrogen-bond acceptors (Lipinski definition) is 5. The molecule has 1 aliphatic rings. The lowest BCUT2D eigenvalue weighted by Crippen LogP contribution is -2.37. The first kappa shape index (κ1) is 24.3. The molecular formula is C31H27N3O3S. The van der Waals surface area contributed by atoms with Crippen molar-refractivity contribution in [3.8, 4) is 11.1 Å². The SMILES string of the molecule is O=C(COCc1ccccc1)N1CCc2c(sc3ncn(Cc4ccc(-c5ccccc5)cc4)c(=O)c23)C1. The fraction of sp³-hybridized carbons (Fsp3) is 0.194. The van der Waals surface area contributed by atoms with E-state index in [4.69, 9.17) is 4.74 Å². The summed E-state index contributed by atoms with van der Waals surface area (Å²) < 4.78 is 7.33. The average molecular weight is 522 g/mol. The van der Waals surface area contributed by atoms with Gasteiger partial charge in [-0.1, -0.05) is 84.9 Å². The van der Waals surface area contributed by atoms with E-state index in [9.17, 15) is 9.59 Å². The van der Waals surface area contributed by atoms with Crippen LogP contribution in [-0.4, -0.2) is 33.5 Å². The molecule has 7 heteroatoms. The maximum Gasteiger partial charge on any atom is 0.262 e. The topological polar surface area (TPSA) is 64.4 Å². The third kappa shape index (κ3) is 5.03. The number of benzene rings is 3. The van der Waals surface area contributed by atoms with Crippen LogP contribution in [0.25, 0.3) is 21.3 Å². The molecule has 190 valence electrons. The summed E-state index contributed by atoms with van der Waals surface area (Å²) in [6.07, 6.45) is 2.28. The minimum absolute atomic E-state index is 0.0226. The largest absolute Gasteiger partial charge is 0.367 e. The summed E-state index contributed by atoms with van der Waals surface area (Å²) in [7, 11) is 0. The van der Waals surface area contributed by atoms with Gasteiger partial charge < -0.3 is 9.64 Å². The summed E-state index contributed by atoms with van der Waals surface area (Å²) in [5.74, 6) is -0.0339. The molecule has 0 radical (unpaired) electrons.